The number of hydrogen-bond donors (Lipinski definition) is 1. The van der Waals surface area contributed by atoms with Gasteiger partial charge in [-0.15, -0.1) is 6.42 Å². The molecule has 3 rings (SSSR count). The zero-order chi connectivity index (χ0) is 20.0. The van der Waals surface area contributed by atoms with Crippen LogP contribution in [0.25, 0.3) is 0 Å². The highest BCUT2D eigenvalue weighted by molar-refractivity contribution is 7.99. The Balaban J connectivity index is 1.57. The van der Waals surface area contributed by atoms with Crippen molar-refractivity contribution in [3.05, 3.63) is 29.8 Å². The number of rotatable bonds is 7. The van der Waals surface area contributed by atoms with Crippen LogP contribution in [0.2, 0.25) is 0 Å². The average molecular weight is 422 g/mol. The van der Waals surface area contributed by atoms with Crippen LogP contribution < -0.4 is 5.32 Å². The summed E-state index contributed by atoms with van der Waals surface area (Å²) in [6.45, 7) is 3.42. The van der Waals surface area contributed by atoms with Gasteiger partial charge in [-0.3, -0.25) is 14.6 Å². The number of amides is 1. The summed E-state index contributed by atoms with van der Waals surface area (Å²) in [6.07, 6.45) is 5.95. The number of terminal acetylenes is 1. The molecule has 0 aromatic heterocycles. The number of benzene rings is 1. The van der Waals surface area contributed by atoms with Crippen molar-refractivity contribution in [2.24, 2.45) is 0 Å². The Kier molecular flexibility index (Phi) is 7.41. The predicted molar refractivity (Wildman–Crippen MR) is 115 cm³/mol. The van der Waals surface area contributed by atoms with Crippen LogP contribution >= 0.6 is 11.8 Å². The number of sulfone groups is 1. The molecule has 1 aromatic rings. The van der Waals surface area contributed by atoms with E-state index in [1.807, 2.05) is 30.0 Å². The fourth-order valence-corrected chi connectivity index (χ4v) is 6.38. The van der Waals surface area contributed by atoms with E-state index < -0.39 is 9.84 Å². The Hall–Kier alpha value is -1.53. The van der Waals surface area contributed by atoms with E-state index in [-0.39, 0.29) is 36.5 Å². The van der Waals surface area contributed by atoms with Crippen molar-refractivity contribution in [2.75, 3.05) is 54.5 Å². The van der Waals surface area contributed by atoms with Crippen LogP contribution in [0, 0.1) is 12.3 Å². The van der Waals surface area contributed by atoms with Crippen molar-refractivity contribution in [3.63, 3.8) is 0 Å². The minimum absolute atomic E-state index is 0.0750. The van der Waals surface area contributed by atoms with Crippen LogP contribution in [0.4, 0.5) is 5.69 Å². The number of carbonyl (C=O) groups is 1. The van der Waals surface area contributed by atoms with Crippen LogP contribution in [0.5, 0.6) is 0 Å². The number of thioether (sulfide) groups is 1. The Bertz CT molecular complexity index is 829. The third-order valence-corrected chi connectivity index (χ3v) is 7.78. The molecule has 0 spiro atoms. The largest absolute Gasteiger partial charge is 0.325 e. The minimum atomic E-state index is -3.02. The van der Waals surface area contributed by atoms with Gasteiger partial charge in [0.2, 0.25) is 5.91 Å². The number of nitrogens with zero attached hydrogens (tertiary/aromatic N) is 2. The molecule has 1 atom stereocenters. The topological polar surface area (TPSA) is 69.7 Å². The first-order valence-corrected chi connectivity index (χ1v) is 12.5. The third kappa shape index (κ3) is 6.24. The van der Waals surface area contributed by atoms with E-state index in [0.29, 0.717) is 6.42 Å². The predicted octanol–water partition coefficient (Wildman–Crippen LogP) is 1.30. The van der Waals surface area contributed by atoms with Crippen molar-refractivity contribution in [3.8, 4) is 12.3 Å². The van der Waals surface area contributed by atoms with Gasteiger partial charge >= 0.3 is 0 Å². The van der Waals surface area contributed by atoms with Gasteiger partial charge in [-0.1, -0.05) is 18.1 Å². The second-order valence-electron chi connectivity index (χ2n) is 7.30. The lowest BCUT2D eigenvalue weighted by Gasteiger charge is -2.26. The molecule has 0 aliphatic carbocycles. The summed E-state index contributed by atoms with van der Waals surface area (Å²) >= 11 is 1.99. The van der Waals surface area contributed by atoms with E-state index in [2.05, 4.69) is 22.2 Å². The van der Waals surface area contributed by atoms with Crippen molar-refractivity contribution in [1.29, 1.82) is 0 Å². The van der Waals surface area contributed by atoms with Crippen molar-refractivity contribution >= 4 is 33.2 Å². The molecule has 152 valence electrons. The minimum Gasteiger partial charge on any atom is -0.325 e. The number of carbonyl (C=O) groups excluding carboxylic acids is 1. The summed E-state index contributed by atoms with van der Waals surface area (Å²) in [4.78, 5) is 16.7. The van der Waals surface area contributed by atoms with Gasteiger partial charge in [0.15, 0.2) is 9.84 Å². The van der Waals surface area contributed by atoms with E-state index in [9.17, 15) is 13.2 Å². The molecule has 28 heavy (non-hydrogen) atoms. The van der Waals surface area contributed by atoms with Gasteiger partial charge in [0.25, 0.3) is 0 Å². The summed E-state index contributed by atoms with van der Waals surface area (Å²) in [5.41, 5.74) is 1.93. The first-order chi connectivity index (χ1) is 13.4. The van der Waals surface area contributed by atoms with Crippen LogP contribution in [0.15, 0.2) is 24.3 Å². The summed E-state index contributed by atoms with van der Waals surface area (Å²) in [6, 6.07) is 7.72. The first kappa shape index (κ1) is 21.2. The molecular formula is C20H27N3O3S2. The normalized spacial score (nSPS) is 22.1. The standard InChI is InChI=1S/C20H27N3O3S2/c1-2-7-23(19-6-12-28(25,26)16-19)15-20(24)21-18-5-3-4-17(13-18)14-22-8-10-27-11-9-22/h1,3-5,13,19H,6-12,14-16H2,(H,21,24). The summed E-state index contributed by atoms with van der Waals surface area (Å²) in [5, 5.41) is 2.93. The van der Waals surface area contributed by atoms with Gasteiger partial charge in [-0.25, -0.2) is 8.42 Å². The Morgan fingerprint density at radius 3 is 2.82 bits per heavy atom. The molecule has 1 amide bonds. The van der Waals surface area contributed by atoms with Crippen LogP contribution in [-0.2, 0) is 21.2 Å². The van der Waals surface area contributed by atoms with E-state index >= 15 is 0 Å². The second-order valence-corrected chi connectivity index (χ2v) is 10.8. The van der Waals surface area contributed by atoms with E-state index in [0.717, 1.165) is 25.3 Å². The van der Waals surface area contributed by atoms with Gasteiger partial charge in [-0.05, 0) is 24.1 Å². The molecule has 0 bridgehead atoms. The fourth-order valence-electron chi connectivity index (χ4n) is 3.64. The van der Waals surface area contributed by atoms with Gasteiger partial charge in [0.05, 0.1) is 24.6 Å². The van der Waals surface area contributed by atoms with Crippen LogP contribution in [0.1, 0.15) is 12.0 Å². The highest BCUT2D eigenvalue weighted by Gasteiger charge is 2.32. The summed E-state index contributed by atoms with van der Waals surface area (Å²) in [7, 11) is -3.02. The molecule has 2 heterocycles. The highest BCUT2D eigenvalue weighted by Crippen LogP contribution is 2.19. The van der Waals surface area contributed by atoms with Gasteiger partial charge in [0, 0.05) is 42.9 Å². The third-order valence-electron chi connectivity index (χ3n) is 5.09. The molecule has 2 fully saturated rings. The maximum atomic E-state index is 12.5. The quantitative estimate of drug-likeness (QED) is 0.670. The van der Waals surface area contributed by atoms with Gasteiger partial charge in [-0.2, -0.15) is 11.8 Å². The van der Waals surface area contributed by atoms with Crippen LogP contribution in [0.3, 0.4) is 0 Å². The number of hydrogen-bond acceptors (Lipinski definition) is 6. The number of anilines is 1. The van der Waals surface area contributed by atoms with Crippen LogP contribution in [-0.4, -0.2) is 79.4 Å². The highest BCUT2D eigenvalue weighted by atomic mass is 32.2. The maximum Gasteiger partial charge on any atom is 0.238 e. The summed E-state index contributed by atoms with van der Waals surface area (Å²) < 4.78 is 23.5. The fraction of sp³-hybridized carbons (Fsp3) is 0.550. The molecule has 1 aromatic carbocycles. The molecular weight excluding hydrogens is 394 g/mol. The molecule has 0 radical (unpaired) electrons. The molecule has 2 saturated heterocycles. The molecule has 6 nitrogen and oxygen atoms in total. The van der Waals surface area contributed by atoms with Gasteiger partial charge < -0.3 is 5.32 Å². The van der Waals surface area contributed by atoms with Gasteiger partial charge in [0.1, 0.15) is 0 Å². The molecule has 8 heteroatoms. The Labute approximate surface area is 172 Å². The van der Waals surface area contributed by atoms with E-state index in [4.69, 9.17) is 6.42 Å². The lowest BCUT2D eigenvalue weighted by molar-refractivity contribution is -0.117. The lowest BCUT2D eigenvalue weighted by atomic mass is 10.2. The van der Waals surface area contributed by atoms with Crippen molar-refractivity contribution in [1.82, 2.24) is 9.80 Å². The zero-order valence-electron chi connectivity index (χ0n) is 16.0. The van der Waals surface area contributed by atoms with E-state index in [1.165, 1.54) is 17.1 Å². The average Bonchev–Trinajstić information content (AvgIpc) is 3.02. The van der Waals surface area contributed by atoms with Crippen molar-refractivity contribution < 1.29 is 13.2 Å². The molecule has 1 unspecified atom stereocenters. The molecule has 2 aliphatic rings. The lowest BCUT2D eigenvalue weighted by Crippen LogP contribution is -2.41. The molecule has 2 aliphatic heterocycles. The second kappa shape index (κ2) is 9.79. The Morgan fingerprint density at radius 2 is 2.14 bits per heavy atom. The smallest absolute Gasteiger partial charge is 0.238 e. The Morgan fingerprint density at radius 1 is 1.36 bits per heavy atom. The monoisotopic (exact) mass is 421 g/mol. The first-order valence-electron chi connectivity index (χ1n) is 9.52. The molecule has 0 saturated carbocycles. The SMILES string of the molecule is C#CCN(CC(=O)Nc1cccc(CN2CCSCC2)c1)C1CCS(=O)(=O)C1. The maximum absolute atomic E-state index is 12.5. The molecule has 1 N–H and O–H groups in total. The summed E-state index contributed by atoms with van der Waals surface area (Å²) in [5.74, 6) is 4.93. The zero-order valence-corrected chi connectivity index (χ0v) is 17.6. The van der Waals surface area contributed by atoms with Crippen molar-refractivity contribution in [2.45, 2.75) is 19.0 Å². The number of nitrogens with one attached hydrogen (secondary N) is 1. The van der Waals surface area contributed by atoms with E-state index in [1.54, 1.807) is 4.90 Å².